The Morgan fingerprint density at radius 2 is 2.44 bits per heavy atom. The van der Waals surface area contributed by atoms with E-state index in [4.69, 9.17) is 22.3 Å². The number of nitrogens with one attached hydrogen (secondary N) is 1. The lowest BCUT2D eigenvalue weighted by Gasteiger charge is -2.00. The highest BCUT2D eigenvalue weighted by Gasteiger charge is 2.16. The van der Waals surface area contributed by atoms with Gasteiger partial charge in [-0.05, 0) is 12.1 Å². The Balaban J connectivity index is 2.42. The second-order valence-corrected chi connectivity index (χ2v) is 4.59. The Morgan fingerprint density at radius 1 is 1.61 bits per heavy atom. The number of aromatic nitrogens is 2. The molecule has 0 fully saturated rings. The van der Waals surface area contributed by atoms with Crippen LogP contribution >= 0.6 is 23.6 Å². The smallest absolute Gasteiger partial charge is 0.162 e. The average Bonchev–Trinajstić information content (AvgIpc) is 2.84. The molecule has 90 valence electrons. The van der Waals surface area contributed by atoms with E-state index in [2.05, 4.69) is 15.4 Å². The molecule has 0 saturated heterocycles. The van der Waals surface area contributed by atoms with E-state index < -0.39 is 0 Å². The number of hydrogen-bond acceptors (Lipinski definition) is 6. The zero-order valence-corrected chi connectivity index (χ0v) is 11.0. The summed E-state index contributed by atoms with van der Waals surface area (Å²) in [5.74, 6) is 0. The normalized spacial score (nSPS) is 9.78. The van der Waals surface area contributed by atoms with E-state index in [0.29, 0.717) is 14.9 Å². The highest BCUT2D eigenvalue weighted by Crippen LogP contribution is 2.27. The van der Waals surface area contributed by atoms with Crippen LogP contribution in [0.4, 0.5) is 0 Å². The Labute approximate surface area is 113 Å². The summed E-state index contributed by atoms with van der Waals surface area (Å²) >= 11 is 6.43. The molecule has 0 aliphatic heterocycles. The van der Waals surface area contributed by atoms with Crippen molar-refractivity contribution in [2.24, 2.45) is 0 Å². The van der Waals surface area contributed by atoms with Crippen LogP contribution in [0.25, 0.3) is 10.6 Å². The fraction of sp³-hybridized carbons (Fsp3) is 0.0909. The molecule has 18 heavy (non-hydrogen) atoms. The van der Waals surface area contributed by atoms with E-state index in [9.17, 15) is 0 Å². The molecular formula is C11H8N4OS2. The maximum Gasteiger partial charge on any atom is 0.162 e. The number of thiocarbonyl (C=S) groups is 1. The third-order valence-electron chi connectivity index (χ3n) is 2.04. The van der Waals surface area contributed by atoms with Gasteiger partial charge in [-0.15, -0.1) is 11.3 Å². The monoisotopic (exact) mass is 276 g/mol. The molecule has 2 rings (SSSR count). The van der Waals surface area contributed by atoms with E-state index >= 15 is 0 Å². The summed E-state index contributed by atoms with van der Waals surface area (Å²) in [5, 5.41) is 9.75. The topological polar surface area (TPSA) is 70.8 Å². The summed E-state index contributed by atoms with van der Waals surface area (Å²) < 4.78 is 0. The third kappa shape index (κ3) is 2.51. The SMILES string of the molecule is CONC(=S)c1sc(-c2cccnc2)nc1C#N. The number of hydrogen-bond donors (Lipinski definition) is 1. The molecular weight excluding hydrogens is 268 g/mol. The van der Waals surface area contributed by atoms with Gasteiger partial charge in [0.05, 0.1) is 7.11 Å². The third-order valence-corrected chi connectivity index (χ3v) is 3.58. The predicted molar refractivity (Wildman–Crippen MR) is 71.9 cm³/mol. The van der Waals surface area contributed by atoms with E-state index in [1.54, 1.807) is 12.4 Å². The van der Waals surface area contributed by atoms with Crippen LogP contribution in [-0.2, 0) is 4.84 Å². The first kappa shape index (κ1) is 12.6. The first-order valence-corrected chi connectivity index (χ1v) is 6.13. The summed E-state index contributed by atoms with van der Waals surface area (Å²) in [7, 11) is 1.46. The van der Waals surface area contributed by atoms with E-state index in [0.717, 1.165) is 5.56 Å². The Morgan fingerprint density at radius 3 is 3.06 bits per heavy atom. The number of hydroxylamine groups is 1. The molecule has 2 heterocycles. The highest BCUT2D eigenvalue weighted by atomic mass is 32.1. The Bertz CT molecular complexity index is 603. The van der Waals surface area contributed by atoms with Crippen molar-refractivity contribution in [2.45, 2.75) is 0 Å². The van der Waals surface area contributed by atoms with Gasteiger partial charge in [0.1, 0.15) is 20.9 Å². The molecule has 0 bridgehead atoms. The van der Waals surface area contributed by atoms with Gasteiger partial charge < -0.3 is 0 Å². The van der Waals surface area contributed by atoms with Crippen LogP contribution in [0.15, 0.2) is 24.5 Å². The lowest BCUT2D eigenvalue weighted by atomic mass is 10.3. The number of thiazole rings is 1. The highest BCUT2D eigenvalue weighted by molar-refractivity contribution is 7.81. The van der Waals surface area contributed by atoms with Crippen LogP contribution in [0.5, 0.6) is 0 Å². The molecule has 2 aromatic rings. The van der Waals surface area contributed by atoms with Crippen molar-refractivity contribution < 1.29 is 4.84 Å². The number of nitriles is 1. The first-order chi connectivity index (χ1) is 8.76. The molecule has 2 aromatic heterocycles. The minimum absolute atomic E-state index is 0.286. The summed E-state index contributed by atoms with van der Waals surface area (Å²) in [5.41, 5.74) is 3.67. The van der Waals surface area contributed by atoms with Gasteiger partial charge in [-0.1, -0.05) is 12.2 Å². The molecule has 0 aliphatic carbocycles. The summed E-state index contributed by atoms with van der Waals surface area (Å²) in [4.78, 5) is 13.9. The molecule has 0 unspecified atom stereocenters. The van der Waals surface area contributed by atoms with Crippen molar-refractivity contribution in [2.75, 3.05) is 7.11 Å². The second-order valence-electron chi connectivity index (χ2n) is 3.19. The number of pyridine rings is 1. The van der Waals surface area contributed by atoms with Crippen molar-refractivity contribution in [3.8, 4) is 16.6 Å². The summed E-state index contributed by atoms with van der Waals surface area (Å²) in [6.07, 6.45) is 3.37. The van der Waals surface area contributed by atoms with E-state index in [-0.39, 0.29) is 5.69 Å². The van der Waals surface area contributed by atoms with Crippen LogP contribution in [0.1, 0.15) is 10.6 Å². The zero-order chi connectivity index (χ0) is 13.0. The van der Waals surface area contributed by atoms with Gasteiger partial charge in [0.15, 0.2) is 5.69 Å². The van der Waals surface area contributed by atoms with Crippen molar-refractivity contribution >= 4 is 28.5 Å². The molecule has 0 spiro atoms. The minimum atomic E-state index is 0.286. The minimum Gasteiger partial charge on any atom is -0.279 e. The molecule has 0 aliphatic rings. The maximum absolute atomic E-state index is 9.05. The molecule has 7 heteroatoms. The Hall–Kier alpha value is -1.88. The van der Waals surface area contributed by atoms with Crippen LogP contribution < -0.4 is 5.48 Å². The molecule has 0 amide bonds. The number of nitrogens with zero attached hydrogens (tertiary/aromatic N) is 3. The van der Waals surface area contributed by atoms with Crippen molar-refractivity contribution in [3.05, 3.63) is 35.1 Å². The zero-order valence-electron chi connectivity index (χ0n) is 9.38. The molecule has 0 aromatic carbocycles. The molecule has 0 atom stereocenters. The van der Waals surface area contributed by atoms with Gasteiger partial charge in [-0.25, -0.2) is 4.98 Å². The molecule has 5 nitrogen and oxygen atoms in total. The molecule has 1 N–H and O–H groups in total. The fourth-order valence-electron chi connectivity index (χ4n) is 1.30. The lowest BCUT2D eigenvalue weighted by molar-refractivity contribution is 0.147. The standard InChI is InChI=1S/C11H8N4OS2/c1-16-15-10(17)9-8(5-12)14-11(18-9)7-3-2-4-13-6-7/h2-4,6H,1H3,(H,15,17). The van der Waals surface area contributed by atoms with E-state index in [1.165, 1.54) is 18.4 Å². The van der Waals surface area contributed by atoms with Gasteiger partial charge >= 0.3 is 0 Å². The van der Waals surface area contributed by atoms with Gasteiger partial charge in [-0.2, -0.15) is 5.26 Å². The average molecular weight is 276 g/mol. The summed E-state index contributed by atoms with van der Waals surface area (Å²) in [6, 6.07) is 5.71. The molecule has 0 radical (unpaired) electrons. The second kappa shape index (κ2) is 5.64. The van der Waals surface area contributed by atoms with Gasteiger partial charge in [0.2, 0.25) is 0 Å². The van der Waals surface area contributed by atoms with Crippen LogP contribution in [0.2, 0.25) is 0 Å². The first-order valence-electron chi connectivity index (χ1n) is 4.91. The largest absolute Gasteiger partial charge is 0.279 e. The van der Waals surface area contributed by atoms with Crippen LogP contribution in [0, 0.1) is 11.3 Å². The van der Waals surface area contributed by atoms with Crippen LogP contribution in [-0.4, -0.2) is 22.1 Å². The lowest BCUT2D eigenvalue weighted by Crippen LogP contribution is -2.20. The van der Waals surface area contributed by atoms with Gasteiger partial charge in [-0.3, -0.25) is 15.3 Å². The Kier molecular flexibility index (Phi) is 3.94. The predicted octanol–water partition coefficient (Wildman–Crippen LogP) is 1.90. The fourth-order valence-corrected chi connectivity index (χ4v) is 2.50. The van der Waals surface area contributed by atoms with Crippen molar-refractivity contribution in [3.63, 3.8) is 0 Å². The maximum atomic E-state index is 9.05. The number of rotatable bonds is 3. The van der Waals surface area contributed by atoms with Gasteiger partial charge in [0.25, 0.3) is 0 Å². The van der Waals surface area contributed by atoms with Crippen molar-refractivity contribution in [1.82, 2.24) is 15.4 Å². The van der Waals surface area contributed by atoms with Crippen LogP contribution in [0.3, 0.4) is 0 Å². The van der Waals surface area contributed by atoms with E-state index in [1.807, 2.05) is 18.2 Å². The quantitative estimate of drug-likeness (QED) is 0.682. The van der Waals surface area contributed by atoms with Crippen molar-refractivity contribution in [1.29, 1.82) is 5.26 Å². The summed E-state index contributed by atoms with van der Waals surface area (Å²) in [6.45, 7) is 0. The van der Waals surface area contributed by atoms with Gasteiger partial charge in [0, 0.05) is 18.0 Å². The molecule has 0 saturated carbocycles.